The number of para-hydroxylation sites is 1. The standard InChI is InChI=1S/C24H26N4O7S/c1-5-33-17(29)13-16-18(23(31)34-6-2)21(36-20(16)24(32)35-7-3)26-25-19-14(4)27-28(22(19)30)15-11-9-8-10-12-15/h8-12,27H,5-7,13H2,1-4H3. The molecule has 0 saturated carbocycles. The van der Waals surface area contributed by atoms with Crippen molar-refractivity contribution in [1.29, 1.82) is 0 Å². The topological polar surface area (TPSA) is 141 Å². The molecule has 0 spiro atoms. The van der Waals surface area contributed by atoms with Crippen LogP contribution >= 0.6 is 11.3 Å². The first-order valence-corrected chi connectivity index (χ1v) is 12.1. The van der Waals surface area contributed by atoms with Crippen molar-refractivity contribution < 1.29 is 28.6 Å². The maximum absolute atomic E-state index is 13.0. The lowest BCUT2D eigenvalue weighted by Gasteiger charge is -2.07. The molecule has 0 amide bonds. The van der Waals surface area contributed by atoms with E-state index in [9.17, 15) is 19.2 Å². The van der Waals surface area contributed by atoms with Crippen LogP contribution in [0.4, 0.5) is 10.7 Å². The van der Waals surface area contributed by atoms with Gasteiger partial charge in [0.25, 0.3) is 5.56 Å². The maximum Gasteiger partial charge on any atom is 0.348 e. The van der Waals surface area contributed by atoms with Crippen LogP contribution in [-0.4, -0.2) is 47.5 Å². The molecule has 190 valence electrons. The van der Waals surface area contributed by atoms with Crippen molar-refractivity contribution >= 4 is 39.9 Å². The lowest BCUT2D eigenvalue weighted by Crippen LogP contribution is -2.15. The molecule has 0 fully saturated rings. The van der Waals surface area contributed by atoms with Gasteiger partial charge in [0.1, 0.15) is 10.4 Å². The van der Waals surface area contributed by atoms with Crippen molar-refractivity contribution in [3.05, 3.63) is 62.4 Å². The minimum absolute atomic E-state index is 0.00191. The Kier molecular flexibility index (Phi) is 8.90. The average molecular weight is 515 g/mol. The molecule has 2 heterocycles. The van der Waals surface area contributed by atoms with Crippen LogP contribution in [0.2, 0.25) is 0 Å². The predicted octanol–water partition coefficient (Wildman–Crippen LogP) is 4.41. The second-order valence-electron chi connectivity index (χ2n) is 7.27. The Hall–Kier alpha value is -4.06. The number of nitrogens with zero attached hydrogens (tertiary/aromatic N) is 3. The quantitative estimate of drug-likeness (QED) is 0.240. The normalized spacial score (nSPS) is 11.0. The lowest BCUT2D eigenvalue weighted by atomic mass is 10.1. The van der Waals surface area contributed by atoms with Gasteiger partial charge in [0, 0.05) is 5.56 Å². The second-order valence-corrected chi connectivity index (χ2v) is 8.27. The summed E-state index contributed by atoms with van der Waals surface area (Å²) >= 11 is 0.820. The zero-order valence-corrected chi connectivity index (χ0v) is 21.1. The van der Waals surface area contributed by atoms with Crippen molar-refractivity contribution in [3.8, 4) is 5.69 Å². The van der Waals surface area contributed by atoms with E-state index in [4.69, 9.17) is 14.2 Å². The maximum atomic E-state index is 13.0. The molecule has 12 heteroatoms. The first kappa shape index (κ1) is 26.5. The number of aryl methyl sites for hydroxylation is 1. The molecule has 0 atom stereocenters. The Morgan fingerprint density at radius 1 is 0.944 bits per heavy atom. The van der Waals surface area contributed by atoms with E-state index in [1.807, 2.05) is 6.07 Å². The molecule has 1 N–H and O–H groups in total. The molecule has 11 nitrogen and oxygen atoms in total. The fourth-order valence-electron chi connectivity index (χ4n) is 3.33. The number of H-pyrrole nitrogens is 1. The Bertz CT molecular complexity index is 1340. The molecule has 2 aromatic heterocycles. The number of ether oxygens (including phenoxy) is 3. The van der Waals surface area contributed by atoms with Gasteiger partial charge in [-0.15, -0.1) is 21.6 Å². The monoisotopic (exact) mass is 514 g/mol. The van der Waals surface area contributed by atoms with Gasteiger partial charge in [-0.25, -0.2) is 14.3 Å². The summed E-state index contributed by atoms with van der Waals surface area (Å²) in [6.07, 6.45) is -0.369. The lowest BCUT2D eigenvalue weighted by molar-refractivity contribution is -0.142. The number of rotatable bonds is 10. The molecule has 1 aromatic carbocycles. The molecule has 0 saturated heterocycles. The van der Waals surface area contributed by atoms with Crippen LogP contribution in [0.5, 0.6) is 0 Å². The van der Waals surface area contributed by atoms with Crippen LogP contribution in [0.1, 0.15) is 52.1 Å². The molecular weight excluding hydrogens is 488 g/mol. The van der Waals surface area contributed by atoms with E-state index < -0.39 is 23.5 Å². The Morgan fingerprint density at radius 2 is 1.58 bits per heavy atom. The highest BCUT2D eigenvalue weighted by atomic mass is 32.1. The van der Waals surface area contributed by atoms with Crippen molar-refractivity contribution in [1.82, 2.24) is 9.78 Å². The van der Waals surface area contributed by atoms with Crippen LogP contribution in [0.3, 0.4) is 0 Å². The van der Waals surface area contributed by atoms with E-state index in [0.29, 0.717) is 11.4 Å². The third-order valence-corrected chi connectivity index (χ3v) is 5.95. The summed E-state index contributed by atoms with van der Waals surface area (Å²) in [4.78, 5) is 50.8. The number of carbonyl (C=O) groups excluding carboxylic acids is 3. The number of esters is 3. The molecule has 0 aliphatic carbocycles. The van der Waals surface area contributed by atoms with Gasteiger partial charge >= 0.3 is 17.9 Å². The molecular formula is C24H26N4O7S. The number of benzene rings is 1. The number of carbonyl (C=O) groups is 3. The molecule has 0 radical (unpaired) electrons. The van der Waals surface area contributed by atoms with Gasteiger partial charge in [0.15, 0.2) is 10.7 Å². The first-order chi connectivity index (χ1) is 17.3. The van der Waals surface area contributed by atoms with E-state index in [-0.39, 0.29) is 52.9 Å². The number of nitrogens with one attached hydrogen (secondary N) is 1. The highest BCUT2D eigenvalue weighted by Gasteiger charge is 2.31. The molecule has 36 heavy (non-hydrogen) atoms. The Labute approximate surface area is 210 Å². The van der Waals surface area contributed by atoms with Gasteiger partial charge < -0.3 is 14.2 Å². The van der Waals surface area contributed by atoms with E-state index in [1.165, 1.54) is 4.68 Å². The molecule has 0 aliphatic rings. The second kappa shape index (κ2) is 12.1. The predicted molar refractivity (Wildman–Crippen MR) is 132 cm³/mol. The van der Waals surface area contributed by atoms with Gasteiger partial charge in [-0.2, -0.15) is 0 Å². The van der Waals surface area contributed by atoms with Crippen molar-refractivity contribution in [3.63, 3.8) is 0 Å². The average Bonchev–Trinajstić information content (AvgIpc) is 3.35. The summed E-state index contributed by atoms with van der Waals surface area (Å²) in [7, 11) is 0. The molecule has 0 aliphatic heterocycles. The summed E-state index contributed by atoms with van der Waals surface area (Å²) in [5.41, 5.74) is 0.603. The first-order valence-electron chi connectivity index (χ1n) is 11.3. The van der Waals surface area contributed by atoms with Crippen LogP contribution in [-0.2, 0) is 25.4 Å². The molecule has 0 unspecified atom stereocenters. The Balaban J connectivity index is 2.13. The Morgan fingerprint density at radius 3 is 2.22 bits per heavy atom. The molecule has 3 rings (SSSR count). The molecule has 0 bridgehead atoms. The van der Waals surface area contributed by atoms with Crippen molar-refractivity contribution in [2.24, 2.45) is 10.2 Å². The summed E-state index contributed by atoms with van der Waals surface area (Å²) in [5.74, 6) is -2.15. The fraction of sp³-hybridized carbons (Fsp3) is 0.333. The van der Waals surface area contributed by atoms with Crippen molar-refractivity contribution in [2.45, 2.75) is 34.1 Å². The smallest absolute Gasteiger partial charge is 0.348 e. The van der Waals surface area contributed by atoms with Crippen LogP contribution in [0.15, 0.2) is 45.4 Å². The summed E-state index contributed by atoms with van der Waals surface area (Å²) in [6, 6.07) is 8.91. The van der Waals surface area contributed by atoms with E-state index in [0.717, 1.165) is 11.3 Å². The van der Waals surface area contributed by atoms with Gasteiger partial charge in [0.2, 0.25) is 0 Å². The zero-order valence-electron chi connectivity index (χ0n) is 20.3. The van der Waals surface area contributed by atoms with E-state index in [2.05, 4.69) is 15.3 Å². The third kappa shape index (κ3) is 5.77. The third-order valence-electron chi connectivity index (χ3n) is 4.85. The van der Waals surface area contributed by atoms with Gasteiger partial charge in [-0.1, -0.05) is 18.2 Å². The minimum Gasteiger partial charge on any atom is -0.466 e. The van der Waals surface area contributed by atoms with Gasteiger partial charge in [-0.3, -0.25) is 14.7 Å². The molecule has 3 aromatic rings. The van der Waals surface area contributed by atoms with Crippen molar-refractivity contribution in [2.75, 3.05) is 19.8 Å². The highest BCUT2D eigenvalue weighted by molar-refractivity contribution is 7.18. The number of hydrogen-bond acceptors (Lipinski definition) is 10. The number of azo groups is 1. The van der Waals surface area contributed by atoms with E-state index >= 15 is 0 Å². The highest BCUT2D eigenvalue weighted by Crippen LogP contribution is 2.38. The van der Waals surface area contributed by atoms with Crippen LogP contribution in [0.25, 0.3) is 5.69 Å². The number of aromatic amines is 1. The minimum atomic E-state index is -0.787. The number of thiophene rings is 1. The van der Waals surface area contributed by atoms with Gasteiger partial charge in [-0.05, 0) is 39.8 Å². The SMILES string of the molecule is CCOC(=O)Cc1c(C(=O)OCC)sc(N=Nc2c(C)[nH]n(-c3ccccc3)c2=O)c1C(=O)OCC. The summed E-state index contributed by atoms with van der Waals surface area (Å²) in [5, 5.41) is 11.2. The zero-order chi connectivity index (χ0) is 26.2. The number of aromatic nitrogens is 2. The number of hydrogen-bond donors (Lipinski definition) is 1. The summed E-state index contributed by atoms with van der Waals surface area (Å²) < 4.78 is 16.6. The largest absolute Gasteiger partial charge is 0.466 e. The van der Waals surface area contributed by atoms with E-state index in [1.54, 1.807) is 52.0 Å². The summed E-state index contributed by atoms with van der Waals surface area (Å²) in [6.45, 7) is 6.82. The van der Waals surface area contributed by atoms with Crippen LogP contribution in [0, 0.1) is 6.92 Å². The fourth-order valence-corrected chi connectivity index (χ4v) is 4.36. The van der Waals surface area contributed by atoms with Crippen LogP contribution < -0.4 is 5.56 Å². The van der Waals surface area contributed by atoms with Gasteiger partial charge in [0.05, 0.1) is 37.6 Å².